The summed E-state index contributed by atoms with van der Waals surface area (Å²) in [4.78, 5) is 4.78. The lowest BCUT2D eigenvalue weighted by atomic mass is 10.0. The number of benzene rings is 1. The van der Waals surface area contributed by atoms with Crippen LogP contribution in [0.5, 0.6) is 5.75 Å². The summed E-state index contributed by atoms with van der Waals surface area (Å²) in [6, 6.07) is 6.34. The van der Waals surface area contributed by atoms with E-state index in [1.807, 2.05) is 0 Å². The van der Waals surface area contributed by atoms with E-state index >= 15 is 0 Å². The van der Waals surface area contributed by atoms with Crippen molar-refractivity contribution in [2.24, 2.45) is 10.4 Å². The number of ether oxygens (including phenoxy) is 2. The first-order valence-electron chi connectivity index (χ1n) is 9.86. The van der Waals surface area contributed by atoms with Crippen molar-refractivity contribution in [2.75, 3.05) is 33.4 Å². The van der Waals surface area contributed by atoms with E-state index in [0.29, 0.717) is 12.0 Å². The number of methoxy groups -OCH3 is 1. The van der Waals surface area contributed by atoms with Crippen LogP contribution in [-0.4, -0.2) is 39.4 Å². The van der Waals surface area contributed by atoms with Gasteiger partial charge in [-0.25, -0.2) is 4.99 Å². The zero-order valence-corrected chi connectivity index (χ0v) is 19.6. The van der Waals surface area contributed by atoms with Crippen LogP contribution in [0, 0.1) is 12.3 Å². The minimum absolute atomic E-state index is 0. The third-order valence-electron chi connectivity index (χ3n) is 4.86. The Hall–Kier alpha value is -1.02. The number of aryl methyl sites for hydroxylation is 1. The molecule has 1 aliphatic carbocycles. The lowest BCUT2D eigenvalue weighted by Gasteiger charge is -2.18. The molecule has 2 rings (SSSR count). The number of hydrogen-bond donors (Lipinski definition) is 2. The lowest BCUT2D eigenvalue weighted by Crippen LogP contribution is -2.40. The van der Waals surface area contributed by atoms with Crippen LogP contribution in [0.3, 0.4) is 0 Å². The van der Waals surface area contributed by atoms with Gasteiger partial charge in [0.25, 0.3) is 0 Å². The second-order valence-electron chi connectivity index (χ2n) is 7.25. The van der Waals surface area contributed by atoms with Crippen molar-refractivity contribution >= 4 is 29.9 Å². The van der Waals surface area contributed by atoms with Gasteiger partial charge in [-0.3, -0.25) is 0 Å². The molecule has 1 aromatic carbocycles. The number of aliphatic imine (C=N–C) groups is 1. The fraction of sp³-hybridized carbons (Fsp3) is 0.667. The standard InChI is InChI=1S/C21H35N3O2.HI/c1-5-12-26-19-14-17(3)7-8-18(19)15-23-20(22-6-2)24-16-21(9-10-21)11-13-25-4;/h7-8,14H,5-6,9-13,15-16H2,1-4H3,(H2,22,23,24);1H. The molecule has 0 aromatic heterocycles. The largest absolute Gasteiger partial charge is 0.493 e. The molecule has 0 radical (unpaired) electrons. The highest BCUT2D eigenvalue weighted by Gasteiger charge is 2.41. The summed E-state index contributed by atoms with van der Waals surface area (Å²) in [5.41, 5.74) is 2.73. The van der Waals surface area contributed by atoms with Crippen molar-refractivity contribution in [1.29, 1.82) is 0 Å². The number of halogens is 1. The van der Waals surface area contributed by atoms with Gasteiger partial charge < -0.3 is 20.1 Å². The number of nitrogens with zero attached hydrogens (tertiary/aromatic N) is 1. The van der Waals surface area contributed by atoms with Crippen LogP contribution >= 0.6 is 24.0 Å². The molecule has 1 saturated carbocycles. The molecule has 0 spiro atoms. The molecular formula is C21H36IN3O2. The summed E-state index contributed by atoms with van der Waals surface area (Å²) in [7, 11) is 1.77. The van der Waals surface area contributed by atoms with Crippen molar-refractivity contribution in [3.8, 4) is 5.75 Å². The smallest absolute Gasteiger partial charge is 0.191 e. The molecule has 0 heterocycles. The fourth-order valence-electron chi connectivity index (χ4n) is 2.93. The summed E-state index contributed by atoms with van der Waals surface area (Å²) in [5, 5.41) is 6.87. The van der Waals surface area contributed by atoms with Crippen molar-refractivity contribution in [3.63, 3.8) is 0 Å². The van der Waals surface area contributed by atoms with Crippen LogP contribution in [-0.2, 0) is 11.3 Å². The zero-order valence-electron chi connectivity index (χ0n) is 17.3. The average Bonchev–Trinajstić information content (AvgIpc) is 3.42. The summed E-state index contributed by atoms with van der Waals surface area (Å²) in [6.45, 7) is 10.3. The molecule has 154 valence electrons. The molecular weight excluding hydrogens is 453 g/mol. The third-order valence-corrected chi connectivity index (χ3v) is 4.86. The molecule has 0 unspecified atom stereocenters. The molecule has 2 N–H and O–H groups in total. The lowest BCUT2D eigenvalue weighted by molar-refractivity contribution is 0.172. The maximum Gasteiger partial charge on any atom is 0.191 e. The van der Waals surface area contributed by atoms with Gasteiger partial charge in [-0.15, -0.1) is 24.0 Å². The van der Waals surface area contributed by atoms with Crippen molar-refractivity contribution in [3.05, 3.63) is 29.3 Å². The summed E-state index contributed by atoms with van der Waals surface area (Å²) in [5.74, 6) is 1.82. The van der Waals surface area contributed by atoms with Gasteiger partial charge >= 0.3 is 0 Å². The molecule has 1 fully saturated rings. The van der Waals surface area contributed by atoms with E-state index < -0.39 is 0 Å². The van der Waals surface area contributed by atoms with Crippen LogP contribution in [0.15, 0.2) is 23.2 Å². The molecule has 0 aliphatic heterocycles. The Labute approximate surface area is 181 Å². The topological polar surface area (TPSA) is 54.9 Å². The van der Waals surface area contributed by atoms with E-state index in [9.17, 15) is 0 Å². The Morgan fingerprint density at radius 3 is 2.59 bits per heavy atom. The molecule has 1 aromatic rings. The summed E-state index contributed by atoms with van der Waals surface area (Å²) >= 11 is 0. The van der Waals surface area contributed by atoms with Gasteiger partial charge in [0, 0.05) is 32.4 Å². The first-order chi connectivity index (χ1) is 12.6. The second-order valence-corrected chi connectivity index (χ2v) is 7.25. The van der Waals surface area contributed by atoms with E-state index in [4.69, 9.17) is 14.5 Å². The van der Waals surface area contributed by atoms with E-state index in [1.165, 1.54) is 18.4 Å². The van der Waals surface area contributed by atoms with E-state index in [0.717, 1.165) is 56.4 Å². The number of rotatable bonds is 11. The maximum absolute atomic E-state index is 5.90. The van der Waals surface area contributed by atoms with E-state index in [-0.39, 0.29) is 24.0 Å². The van der Waals surface area contributed by atoms with Gasteiger partial charge in [-0.1, -0.05) is 19.1 Å². The van der Waals surface area contributed by atoms with Crippen molar-refractivity contribution in [1.82, 2.24) is 10.6 Å². The Balaban J connectivity index is 0.00000364. The van der Waals surface area contributed by atoms with Gasteiger partial charge in [0.15, 0.2) is 5.96 Å². The predicted octanol–water partition coefficient (Wildman–Crippen LogP) is 4.27. The number of hydrogen-bond acceptors (Lipinski definition) is 3. The monoisotopic (exact) mass is 489 g/mol. The average molecular weight is 489 g/mol. The van der Waals surface area contributed by atoms with Gasteiger partial charge in [-0.2, -0.15) is 0 Å². The number of nitrogens with one attached hydrogen (secondary N) is 2. The minimum atomic E-state index is 0. The quantitative estimate of drug-likeness (QED) is 0.277. The summed E-state index contributed by atoms with van der Waals surface area (Å²) in [6.07, 6.45) is 4.67. The number of guanidine groups is 1. The van der Waals surface area contributed by atoms with Gasteiger partial charge in [0.1, 0.15) is 5.75 Å². The molecule has 0 saturated heterocycles. The predicted molar refractivity (Wildman–Crippen MR) is 123 cm³/mol. The van der Waals surface area contributed by atoms with Crippen LogP contribution < -0.4 is 15.4 Å². The Morgan fingerprint density at radius 2 is 1.96 bits per heavy atom. The minimum Gasteiger partial charge on any atom is -0.493 e. The zero-order chi connectivity index (χ0) is 18.8. The van der Waals surface area contributed by atoms with Crippen LogP contribution in [0.25, 0.3) is 0 Å². The molecule has 0 amide bonds. The highest BCUT2D eigenvalue weighted by atomic mass is 127. The van der Waals surface area contributed by atoms with E-state index in [2.05, 4.69) is 49.6 Å². The SMILES string of the molecule is CCCOc1cc(C)ccc1CN=C(NCC)NCC1(CCOC)CC1.I. The molecule has 1 aliphatic rings. The second kappa shape index (κ2) is 12.4. The van der Waals surface area contributed by atoms with Crippen LogP contribution in [0.2, 0.25) is 0 Å². The van der Waals surface area contributed by atoms with Crippen LogP contribution in [0.4, 0.5) is 0 Å². The van der Waals surface area contributed by atoms with Crippen molar-refractivity contribution in [2.45, 2.75) is 53.0 Å². The highest BCUT2D eigenvalue weighted by molar-refractivity contribution is 14.0. The maximum atomic E-state index is 5.90. The van der Waals surface area contributed by atoms with E-state index in [1.54, 1.807) is 7.11 Å². The fourth-order valence-corrected chi connectivity index (χ4v) is 2.93. The normalized spacial score (nSPS) is 15.0. The first-order valence-corrected chi connectivity index (χ1v) is 9.86. The highest BCUT2D eigenvalue weighted by Crippen LogP contribution is 2.48. The van der Waals surface area contributed by atoms with Gasteiger partial charge in [-0.05, 0) is 56.6 Å². The van der Waals surface area contributed by atoms with Crippen molar-refractivity contribution < 1.29 is 9.47 Å². The molecule has 5 nitrogen and oxygen atoms in total. The third kappa shape index (κ3) is 8.25. The molecule has 6 heteroatoms. The Kier molecular flexibility index (Phi) is 11.1. The first kappa shape index (κ1) is 24.0. The van der Waals surface area contributed by atoms with Gasteiger partial charge in [0.2, 0.25) is 0 Å². The Morgan fingerprint density at radius 1 is 1.19 bits per heavy atom. The van der Waals surface area contributed by atoms with Gasteiger partial charge in [0.05, 0.1) is 13.2 Å². The molecule has 0 atom stereocenters. The molecule has 0 bridgehead atoms. The summed E-state index contributed by atoms with van der Waals surface area (Å²) < 4.78 is 11.1. The molecule has 27 heavy (non-hydrogen) atoms. The Bertz CT molecular complexity index is 589. The van der Waals surface area contributed by atoms with Crippen LogP contribution in [0.1, 0.15) is 50.7 Å².